The number of likely N-dealkylation sites (N-methyl/N-ethyl adjacent to an activating group) is 1. The number of ketones is 2. The monoisotopic (exact) mass is 835 g/mol. The van der Waals surface area contributed by atoms with Crippen LogP contribution in [0.4, 0.5) is 4.79 Å². The molecule has 3 N–H and O–H groups in total. The molecule has 16 nitrogen and oxygen atoms in total. The van der Waals surface area contributed by atoms with Gasteiger partial charge in [0.15, 0.2) is 12.1 Å². The summed E-state index contributed by atoms with van der Waals surface area (Å²) < 4.78 is 32.0. The lowest BCUT2D eigenvalue weighted by Gasteiger charge is -2.47. The number of Topliss-reactive ketones (excluding diaryl/α,β-unsaturated/α-hetero) is 2. The topological polar surface area (TPSA) is 201 Å². The second-order valence-corrected chi connectivity index (χ2v) is 17.0. The van der Waals surface area contributed by atoms with Crippen LogP contribution in [0.25, 0.3) is 11.3 Å². The number of cyclic esters (lactones) is 1. The van der Waals surface area contributed by atoms with Crippen molar-refractivity contribution < 1.29 is 53.1 Å². The predicted octanol–water partition coefficient (Wildman–Crippen LogP) is 4.07. The quantitative estimate of drug-likeness (QED) is 0.229. The van der Waals surface area contributed by atoms with Gasteiger partial charge in [-0.05, 0) is 73.2 Å². The van der Waals surface area contributed by atoms with E-state index in [1.807, 2.05) is 38.1 Å². The van der Waals surface area contributed by atoms with Crippen molar-refractivity contribution in [2.24, 2.45) is 23.7 Å². The van der Waals surface area contributed by atoms with Gasteiger partial charge in [0.1, 0.15) is 41.3 Å². The molecule has 324 valence electrons. The zero-order chi connectivity index (χ0) is 43.3. The highest BCUT2D eigenvalue weighted by molar-refractivity contribution is 6.30. The van der Waals surface area contributed by atoms with Crippen molar-refractivity contribution >= 4 is 35.2 Å². The fourth-order valence-electron chi connectivity index (χ4n) is 8.23. The highest BCUT2D eigenvalue weighted by Gasteiger charge is 2.53. The highest BCUT2D eigenvalue weighted by Crippen LogP contribution is 2.39. The Labute approximate surface area is 346 Å². The number of ether oxygens (including phenoxy) is 5. The van der Waals surface area contributed by atoms with Gasteiger partial charge in [-0.15, -0.1) is 5.10 Å². The van der Waals surface area contributed by atoms with Crippen molar-refractivity contribution in [3.8, 4) is 11.3 Å². The molecule has 58 heavy (non-hydrogen) atoms. The molecule has 13 atom stereocenters. The number of methoxy groups -OCH3 is 1. The number of hydrogen-bond acceptors (Lipinski definition) is 14. The van der Waals surface area contributed by atoms with Gasteiger partial charge in [0, 0.05) is 42.1 Å². The van der Waals surface area contributed by atoms with Crippen LogP contribution < -0.4 is 5.32 Å². The maximum Gasteiger partial charge on any atom is 0.407 e. The molecule has 2 saturated heterocycles. The van der Waals surface area contributed by atoms with E-state index in [-0.39, 0.29) is 38.1 Å². The summed E-state index contributed by atoms with van der Waals surface area (Å²) in [4.78, 5) is 57.6. The Morgan fingerprint density at radius 3 is 2.29 bits per heavy atom. The molecular formula is C41H62ClN5O11. The third-order valence-corrected chi connectivity index (χ3v) is 12.0. The molecule has 1 aromatic carbocycles. The first-order chi connectivity index (χ1) is 27.1. The first-order valence-corrected chi connectivity index (χ1v) is 20.3. The van der Waals surface area contributed by atoms with Gasteiger partial charge in [-0.25, -0.2) is 4.79 Å². The molecule has 2 aromatic rings. The number of benzene rings is 1. The van der Waals surface area contributed by atoms with Gasteiger partial charge in [0.2, 0.25) is 0 Å². The van der Waals surface area contributed by atoms with Gasteiger partial charge in [0.05, 0.1) is 36.5 Å². The van der Waals surface area contributed by atoms with Crippen LogP contribution in [-0.4, -0.2) is 136 Å². The van der Waals surface area contributed by atoms with Gasteiger partial charge in [0.25, 0.3) is 0 Å². The number of hydrogen-bond donors (Lipinski definition) is 3. The highest BCUT2D eigenvalue weighted by atomic mass is 35.5. The third-order valence-electron chi connectivity index (χ3n) is 11.8. The fourth-order valence-corrected chi connectivity index (χ4v) is 8.36. The van der Waals surface area contributed by atoms with Gasteiger partial charge < -0.3 is 44.1 Å². The molecule has 0 spiro atoms. The number of carbonyl (C=O) groups is 4. The summed E-state index contributed by atoms with van der Waals surface area (Å²) in [5, 5.41) is 35.0. The number of aromatic nitrogens is 3. The number of amides is 1. The molecule has 4 rings (SSSR count). The minimum Gasteiger partial charge on any atom is -0.459 e. The zero-order valence-electron chi connectivity index (χ0n) is 35.5. The van der Waals surface area contributed by atoms with Gasteiger partial charge in [-0.2, -0.15) is 0 Å². The van der Waals surface area contributed by atoms with Crippen LogP contribution in [-0.2, 0) is 44.6 Å². The average molecular weight is 836 g/mol. The lowest BCUT2D eigenvalue weighted by Crippen LogP contribution is -2.60. The molecule has 2 fully saturated rings. The Balaban J connectivity index is 1.62. The first kappa shape index (κ1) is 47.2. The molecule has 0 radical (unpaired) electrons. The lowest BCUT2D eigenvalue weighted by atomic mass is 9.74. The Bertz CT molecular complexity index is 1720. The van der Waals surface area contributed by atoms with Crippen molar-refractivity contribution in [2.75, 3.05) is 27.7 Å². The number of alkyl carbamates (subject to hydrolysis) is 1. The summed E-state index contributed by atoms with van der Waals surface area (Å²) in [6, 6.07) is 6.80. The van der Waals surface area contributed by atoms with Crippen LogP contribution in [0, 0.1) is 23.7 Å². The predicted molar refractivity (Wildman–Crippen MR) is 214 cm³/mol. The van der Waals surface area contributed by atoms with Crippen LogP contribution in [0.1, 0.15) is 74.7 Å². The van der Waals surface area contributed by atoms with Crippen molar-refractivity contribution in [3.63, 3.8) is 0 Å². The van der Waals surface area contributed by atoms with E-state index in [2.05, 4.69) is 15.6 Å². The smallest absolute Gasteiger partial charge is 0.407 e. The van der Waals surface area contributed by atoms with E-state index >= 15 is 0 Å². The number of esters is 1. The zero-order valence-corrected chi connectivity index (χ0v) is 36.3. The van der Waals surface area contributed by atoms with E-state index in [0.29, 0.717) is 17.1 Å². The van der Waals surface area contributed by atoms with Gasteiger partial charge >= 0.3 is 12.1 Å². The first-order valence-electron chi connectivity index (χ1n) is 20.0. The van der Waals surface area contributed by atoms with Crippen LogP contribution in [0.5, 0.6) is 0 Å². The molecular weight excluding hydrogens is 774 g/mol. The SMILES string of the molecule is CC[C@H]1OC(=O)[C@H](C)C(=O)[C@H](C)[C@@H](O[C@H]2O[C@@H](C)C[C@@H](N(C)C)[C@@H]2O)[C@](C)(OC)C[C@@H](C)C(=O)[C@H](C)[C@@H](OC(=O)NCCn2cc(-c3ccc(Cl)cc3)nn2)[C@]1(C)O. The summed E-state index contributed by atoms with van der Waals surface area (Å²) in [5.74, 6) is -6.10. The largest absolute Gasteiger partial charge is 0.459 e. The summed E-state index contributed by atoms with van der Waals surface area (Å²) in [6.45, 7) is 13.1. The molecule has 3 heterocycles. The Hall–Kier alpha value is -3.51. The van der Waals surface area contributed by atoms with Gasteiger partial charge in [-0.1, -0.05) is 56.6 Å². The van der Waals surface area contributed by atoms with E-state index in [0.717, 1.165) is 5.56 Å². The van der Waals surface area contributed by atoms with Crippen molar-refractivity contribution in [1.29, 1.82) is 0 Å². The van der Waals surface area contributed by atoms with Crippen molar-refractivity contribution in [1.82, 2.24) is 25.2 Å². The molecule has 0 unspecified atom stereocenters. The summed E-state index contributed by atoms with van der Waals surface area (Å²) in [5.41, 5.74) is -2.02. The average Bonchev–Trinajstić information content (AvgIpc) is 3.65. The number of carbonyl (C=O) groups excluding carboxylic acids is 4. The minimum absolute atomic E-state index is 0.0114. The lowest BCUT2D eigenvalue weighted by molar-refractivity contribution is -0.295. The standard InChI is InChI=1S/C41H62ClN5O11/c1-12-31-41(8,53)36(58-39(52)43-17-18-47-21-29(44-45-47)27-13-15-28(42)16-14-27)24(4)32(48)22(2)20-40(7,54-11)35(25(5)33(49)26(6)37(51)56-31)57-38-34(50)30(46(9)10)19-23(3)55-38/h13-16,21-26,30-31,34-36,38,50,53H,12,17-20H2,1-11H3,(H,43,52)/t22-,23+,24+,25+,26-,30-,31-,34+,35-,36-,38-,40-,41-/m1/s1. The fraction of sp³-hybridized carbons (Fsp3) is 0.707. The number of nitrogens with zero attached hydrogens (tertiary/aromatic N) is 4. The number of rotatable bonds is 10. The van der Waals surface area contributed by atoms with E-state index in [1.165, 1.54) is 25.6 Å². The number of halogens is 1. The van der Waals surface area contributed by atoms with E-state index in [1.54, 1.807) is 52.9 Å². The van der Waals surface area contributed by atoms with Crippen molar-refractivity contribution in [3.05, 3.63) is 35.5 Å². The van der Waals surface area contributed by atoms with Gasteiger partial charge in [-0.3, -0.25) is 19.1 Å². The normalized spacial score (nSPS) is 35.6. The molecule has 1 amide bonds. The molecule has 0 saturated carbocycles. The Morgan fingerprint density at radius 2 is 1.69 bits per heavy atom. The second-order valence-electron chi connectivity index (χ2n) is 16.5. The van der Waals surface area contributed by atoms with Crippen LogP contribution >= 0.6 is 11.6 Å². The third kappa shape index (κ3) is 10.8. The molecule has 17 heteroatoms. The maximum absolute atomic E-state index is 14.4. The summed E-state index contributed by atoms with van der Waals surface area (Å²) >= 11 is 6.00. The van der Waals surface area contributed by atoms with Crippen LogP contribution in [0.15, 0.2) is 30.5 Å². The molecule has 1 aromatic heterocycles. The van der Waals surface area contributed by atoms with Crippen LogP contribution in [0.2, 0.25) is 5.02 Å². The molecule has 2 aliphatic rings. The van der Waals surface area contributed by atoms with E-state index in [9.17, 15) is 29.4 Å². The number of aliphatic hydroxyl groups is 2. The van der Waals surface area contributed by atoms with E-state index < -0.39 is 89.2 Å². The van der Waals surface area contributed by atoms with Crippen LogP contribution in [0.3, 0.4) is 0 Å². The van der Waals surface area contributed by atoms with E-state index in [4.69, 9.17) is 35.3 Å². The minimum atomic E-state index is -2.08. The number of aliphatic hydroxyl groups excluding tert-OH is 1. The Morgan fingerprint density at radius 1 is 1.05 bits per heavy atom. The number of nitrogens with one attached hydrogen (secondary N) is 1. The molecule has 0 aliphatic carbocycles. The summed E-state index contributed by atoms with van der Waals surface area (Å²) in [7, 11) is 5.12. The maximum atomic E-state index is 14.4. The van der Waals surface area contributed by atoms with Crippen molar-refractivity contribution in [2.45, 2.75) is 135 Å². The molecule has 0 bridgehead atoms. The second kappa shape index (κ2) is 19.7. The summed E-state index contributed by atoms with van der Waals surface area (Å²) in [6.07, 6.45) is -5.07. The molecule has 2 aliphatic heterocycles. The Kier molecular flexibility index (Phi) is 16.0.